The minimum absolute atomic E-state index is 0.228. The molecule has 90 valence electrons. The summed E-state index contributed by atoms with van der Waals surface area (Å²) in [6, 6.07) is 5.86. The van der Waals surface area contributed by atoms with E-state index < -0.39 is 0 Å². The highest BCUT2D eigenvalue weighted by molar-refractivity contribution is 9.10. The van der Waals surface area contributed by atoms with Gasteiger partial charge in [0.05, 0.1) is 10.5 Å². The molecule has 1 unspecified atom stereocenters. The molecule has 1 heterocycles. The molecular formula is C12H13BrN2O2. The maximum atomic E-state index is 9.17. The number of rotatable bonds is 3. The number of nitrogens with one attached hydrogen (secondary N) is 1. The molecule has 0 spiro atoms. The second-order valence-electron chi connectivity index (χ2n) is 4.12. The van der Waals surface area contributed by atoms with Crippen molar-refractivity contribution < 1.29 is 9.47 Å². The number of ether oxygens (including phenoxy) is 2. The maximum absolute atomic E-state index is 9.17. The maximum Gasteiger partial charge on any atom is 0.231 e. The van der Waals surface area contributed by atoms with Gasteiger partial charge in [-0.05, 0) is 47.5 Å². The lowest BCUT2D eigenvalue weighted by Crippen LogP contribution is -2.27. The minimum atomic E-state index is -0.346. The molecule has 2 rings (SSSR count). The van der Waals surface area contributed by atoms with Gasteiger partial charge in [-0.25, -0.2) is 0 Å². The Labute approximate surface area is 109 Å². The van der Waals surface area contributed by atoms with Crippen LogP contribution in [-0.4, -0.2) is 12.8 Å². The van der Waals surface area contributed by atoms with Crippen molar-refractivity contribution in [3.63, 3.8) is 0 Å². The highest BCUT2D eigenvalue weighted by Crippen LogP contribution is 2.41. The van der Waals surface area contributed by atoms with Crippen molar-refractivity contribution in [2.75, 3.05) is 6.79 Å². The lowest BCUT2D eigenvalue weighted by Gasteiger charge is -2.15. The van der Waals surface area contributed by atoms with E-state index >= 15 is 0 Å². The van der Waals surface area contributed by atoms with Gasteiger partial charge in [0.1, 0.15) is 6.04 Å². The molecule has 1 aliphatic heterocycles. The fourth-order valence-electron chi connectivity index (χ4n) is 1.70. The largest absolute Gasteiger partial charge is 0.454 e. The predicted molar refractivity (Wildman–Crippen MR) is 66.9 cm³/mol. The molecular weight excluding hydrogens is 284 g/mol. The molecule has 0 bridgehead atoms. The quantitative estimate of drug-likeness (QED) is 0.932. The molecule has 0 fully saturated rings. The van der Waals surface area contributed by atoms with E-state index in [1.807, 2.05) is 26.0 Å². The summed E-state index contributed by atoms with van der Waals surface area (Å²) in [5.74, 6) is 1.38. The van der Waals surface area contributed by atoms with Gasteiger partial charge in [0, 0.05) is 6.04 Å². The fraction of sp³-hybridized carbons (Fsp3) is 0.417. The van der Waals surface area contributed by atoms with Crippen molar-refractivity contribution in [3.05, 3.63) is 22.2 Å². The molecule has 1 aromatic carbocycles. The summed E-state index contributed by atoms with van der Waals surface area (Å²) >= 11 is 3.42. The highest BCUT2D eigenvalue weighted by atomic mass is 79.9. The molecule has 0 radical (unpaired) electrons. The van der Waals surface area contributed by atoms with Gasteiger partial charge in [-0.15, -0.1) is 0 Å². The van der Waals surface area contributed by atoms with Gasteiger partial charge < -0.3 is 9.47 Å². The van der Waals surface area contributed by atoms with E-state index in [0.29, 0.717) is 11.5 Å². The molecule has 0 aromatic heterocycles. The van der Waals surface area contributed by atoms with Crippen molar-refractivity contribution in [2.45, 2.75) is 25.9 Å². The molecule has 0 saturated heterocycles. The zero-order valence-electron chi connectivity index (χ0n) is 9.66. The van der Waals surface area contributed by atoms with Crippen molar-refractivity contribution >= 4 is 15.9 Å². The van der Waals surface area contributed by atoms with Gasteiger partial charge in [-0.2, -0.15) is 5.26 Å². The third-order valence-electron chi connectivity index (χ3n) is 2.41. The number of benzene rings is 1. The average Bonchev–Trinajstić information content (AvgIpc) is 2.74. The summed E-state index contributed by atoms with van der Waals surface area (Å²) in [4.78, 5) is 0. The summed E-state index contributed by atoms with van der Waals surface area (Å²) < 4.78 is 11.4. The van der Waals surface area contributed by atoms with E-state index in [9.17, 15) is 0 Å². The molecule has 1 atom stereocenters. The molecule has 1 aliphatic rings. The van der Waals surface area contributed by atoms with Crippen molar-refractivity contribution in [1.29, 1.82) is 5.26 Å². The monoisotopic (exact) mass is 296 g/mol. The van der Waals surface area contributed by atoms with Gasteiger partial charge in [0.25, 0.3) is 0 Å². The second-order valence-corrected chi connectivity index (χ2v) is 4.97. The first-order chi connectivity index (χ1) is 8.11. The fourth-order valence-corrected chi connectivity index (χ4v) is 2.27. The average molecular weight is 297 g/mol. The first-order valence-electron chi connectivity index (χ1n) is 5.36. The molecule has 1 N–H and O–H groups in total. The topological polar surface area (TPSA) is 54.3 Å². The molecule has 17 heavy (non-hydrogen) atoms. The lowest BCUT2D eigenvalue weighted by atomic mass is 10.1. The Bertz CT molecular complexity index is 468. The summed E-state index contributed by atoms with van der Waals surface area (Å²) in [5.41, 5.74) is 0.873. The number of halogens is 1. The molecule has 0 saturated carbocycles. The van der Waals surface area contributed by atoms with Crippen LogP contribution >= 0.6 is 15.9 Å². The van der Waals surface area contributed by atoms with E-state index in [4.69, 9.17) is 14.7 Å². The normalized spacial score (nSPS) is 14.8. The van der Waals surface area contributed by atoms with Crippen molar-refractivity contribution in [1.82, 2.24) is 5.32 Å². The Morgan fingerprint density at radius 2 is 2.18 bits per heavy atom. The van der Waals surface area contributed by atoms with Gasteiger partial charge >= 0.3 is 0 Å². The zero-order chi connectivity index (χ0) is 12.4. The summed E-state index contributed by atoms with van der Waals surface area (Å²) in [5, 5.41) is 12.4. The Morgan fingerprint density at radius 1 is 1.41 bits per heavy atom. The Balaban J connectivity index is 2.33. The highest BCUT2D eigenvalue weighted by Gasteiger charge is 2.21. The standard InChI is InChI=1S/C12H13BrN2O2/c1-7(2)15-10(5-14)8-3-9(13)12-11(4-8)16-6-17-12/h3-4,7,10,15H,6H2,1-2H3. The Morgan fingerprint density at radius 3 is 2.82 bits per heavy atom. The number of nitrogens with zero attached hydrogens (tertiary/aromatic N) is 1. The van der Waals surface area contributed by atoms with Crippen LogP contribution in [0.3, 0.4) is 0 Å². The van der Waals surface area contributed by atoms with Gasteiger partial charge in [0.2, 0.25) is 6.79 Å². The molecule has 4 nitrogen and oxygen atoms in total. The van der Waals surface area contributed by atoms with Crippen LogP contribution in [0.25, 0.3) is 0 Å². The number of hydrogen-bond acceptors (Lipinski definition) is 4. The summed E-state index contributed by atoms with van der Waals surface area (Å²) in [6.45, 7) is 4.24. The van der Waals surface area contributed by atoms with E-state index in [2.05, 4.69) is 27.3 Å². The van der Waals surface area contributed by atoms with Crippen molar-refractivity contribution in [3.8, 4) is 17.6 Å². The van der Waals surface area contributed by atoms with E-state index in [0.717, 1.165) is 10.0 Å². The molecule has 0 amide bonds. The smallest absolute Gasteiger partial charge is 0.231 e. The van der Waals surface area contributed by atoms with Gasteiger partial charge in [0.15, 0.2) is 11.5 Å². The molecule has 0 aliphatic carbocycles. The first-order valence-corrected chi connectivity index (χ1v) is 6.16. The SMILES string of the molecule is CC(C)NC(C#N)c1cc(Br)c2c(c1)OCO2. The van der Waals surface area contributed by atoms with Gasteiger partial charge in [-0.1, -0.05) is 0 Å². The Kier molecular flexibility index (Phi) is 3.55. The first kappa shape index (κ1) is 12.2. The van der Waals surface area contributed by atoms with Crippen LogP contribution in [0.4, 0.5) is 0 Å². The molecule has 1 aromatic rings. The Hall–Kier alpha value is -1.25. The third-order valence-corrected chi connectivity index (χ3v) is 3.00. The van der Waals surface area contributed by atoms with E-state index in [1.54, 1.807) is 0 Å². The summed E-state index contributed by atoms with van der Waals surface area (Å²) in [7, 11) is 0. The second kappa shape index (κ2) is 4.94. The van der Waals surface area contributed by atoms with Crippen LogP contribution in [0.2, 0.25) is 0 Å². The molecule has 5 heteroatoms. The number of fused-ring (bicyclic) bond motifs is 1. The van der Waals surface area contributed by atoms with Crippen LogP contribution < -0.4 is 14.8 Å². The van der Waals surface area contributed by atoms with Gasteiger partial charge in [-0.3, -0.25) is 5.32 Å². The lowest BCUT2D eigenvalue weighted by molar-refractivity contribution is 0.173. The third kappa shape index (κ3) is 2.54. The van der Waals surface area contributed by atoms with Crippen LogP contribution in [0.15, 0.2) is 16.6 Å². The number of hydrogen-bond donors (Lipinski definition) is 1. The van der Waals surface area contributed by atoms with Crippen LogP contribution in [0.1, 0.15) is 25.5 Å². The van der Waals surface area contributed by atoms with Crippen molar-refractivity contribution in [2.24, 2.45) is 0 Å². The van der Waals surface area contributed by atoms with Crippen LogP contribution in [0.5, 0.6) is 11.5 Å². The summed E-state index contributed by atoms with van der Waals surface area (Å²) in [6.07, 6.45) is 0. The van der Waals surface area contributed by atoms with E-state index in [1.165, 1.54) is 0 Å². The van der Waals surface area contributed by atoms with Crippen LogP contribution in [0, 0.1) is 11.3 Å². The minimum Gasteiger partial charge on any atom is -0.454 e. The van der Waals surface area contributed by atoms with E-state index in [-0.39, 0.29) is 18.9 Å². The predicted octanol–water partition coefficient (Wildman–Crippen LogP) is 2.74. The number of nitriles is 1. The van der Waals surface area contributed by atoms with Crippen LogP contribution in [-0.2, 0) is 0 Å². The zero-order valence-corrected chi connectivity index (χ0v) is 11.2.